The molecule has 0 unspecified atom stereocenters. The zero-order valence-electron chi connectivity index (χ0n) is 18.5. The molecule has 0 spiro atoms. The van der Waals surface area contributed by atoms with Crippen LogP contribution in [0.25, 0.3) is 11.0 Å². The van der Waals surface area contributed by atoms with Crippen LogP contribution >= 0.6 is 0 Å². The monoisotopic (exact) mass is 417 g/mol. The average Bonchev–Trinajstić information content (AvgIpc) is 3.31. The Labute approximate surface area is 181 Å². The molecule has 5 heterocycles. The number of H-pyrrole nitrogens is 1. The first-order valence-corrected chi connectivity index (χ1v) is 10.5. The minimum Gasteiger partial charge on any atom is -0.335 e. The summed E-state index contributed by atoms with van der Waals surface area (Å²) in [6, 6.07) is 4.21. The van der Waals surface area contributed by atoms with Crippen molar-refractivity contribution in [2.75, 3.05) is 16.8 Å². The fraction of sp³-hybridized carbons (Fsp3) is 0.409. The van der Waals surface area contributed by atoms with Gasteiger partial charge in [0.15, 0.2) is 0 Å². The number of aromatic nitrogens is 7. The van der Waals surface area contributed by atoms with Crippen LogP contribution in [0.3, 0.4) is 0 Å². The molecule has 160 valence electrons. The summed E-state index contributed by atoms with van der Waals surface area (Å²) in [5.41, 5.74) is 4.27. The van der Waals surface area contributed by atoms with Gasteiger partial charge in [0.1, 0.15) is 23.0 Å². The van der Waals surface area contributed by atoms with Gasteiger partial charge < -0.3 is 14.8 Å². The maximum atomic E-state index is 4.77. The Balaban J connectivity index is 1.43. The van der Waals surface area contributed by atoms with Crippen LogP contribution in [0, 0.1) is 6.92 Å². The Morgan fingerprint density at radius 3 is 2.77 bits per heavy atom. The smallest absolute Gasteiger partial charge is 0.227 e. The van der Waals surface area contributed by atoms with Crippen LogP contribution in [0.4, 0.5) is 17.6 Å². The molecular formula is C22H27N9. The van der Waals surface area contributed by atoms with Gasteiger partial charge in [0, 0.05) is 48.1 Å². The highest BCUT2D eigenvalue weighted by Gasteiger charge is 2.34. The quantitative estimate of drug-likeness (QED) is 0.520. The molecule has 9 heteroatoms. The Kier molecular flexibility index (Phi) is 4.42. The molecule has 2 N–H and O–H groups in total. The lowest BCUT2D eigenvalue weighted by Gasteiger charge is -2.37. The summed E-state index contributed by atoms with van der Waals surface area (Å²) < 4.78 is 2.21. The summed E-state index contributed by atoms with van der Waals surface area (Å²) in [5, 5.41) is 10.7. The van der Waals surface area contributed by atoms with Gasteiger partial charge in [0.25, 0.3) is 0 Å². The molecule has 0 aliphatic carbocycles. The van der Waals surface area contributed by atoms with E-state index >= 15 is 0 Å². The minimum atomic E-state index is -0.0589. The van der Waals surface area contributed by atoms with Crippen molar-refractivity contribution >= 4 is 28.6 Å². The molecule has 0 fully saturated rings. The molecule has 5 rings (SSSR count). The summed E-state index contributed by atoms with van der Waals surface area (Å²) in [6.45, 7) is 12.3. The van der Waals surface area contributed by atoms with E-state index in [0.717, 1.165) is 35.8 Å². The Morgan fingerprint density at radius 2 is 1.97 bits per heavy atom. The first kappa shape index (κ1) is 19.5. The summed E-state index contributed by atoms with van der Waals surface area (Å²) in [6.07, 6.45) is 5.48. The standard InChI is InChI=1S/C22H27N9/c1-13(2)31-14(3)26-16-10-24-19(8-17(16)31)27-18-6-7-23-21(28-18)30-11-15-9-25-29-20(15)22(4,5)12-30/h6-10,13H,11-12H2,1-5H3,(H,25,29)(H,23,24,27,28). The molecule has 4 aromatic heterocycles. The largest absolute Gasteiger partial charge is 0.335 e. The maximum Gasteiger partial charge on any atom is 0.227 e. The van der Waals surface area contributed by atoms with Crippen LogP contribution in [0.1, 0.15) is 50.8 Å². The number of nitrogens with zero attached hydrogens (tertiary/aromatic N) is 7. The summed E-state index contributed by atoms with van der Waals surface area (Å²) in [7, 11) is 0. The SMILES string of the molecule is Cc1nc2cnc(Nc3ccnc(N4Cc5cn[nH]c5C(C)(C)C4)n3)cc2n1C(C)C. The van der Waals surface area contributed by atoms with Crippen LogP contribution in [0.15, 0.2) is 30.7 Å². The van der Waals surface area contributed by atoms with Crippen LogP contribution < -0.4 is 10.2 Å². The molecule has 31 heavy (non-hydrogen) atoms. The van der Waals surface area contributed by atoms with Crippen molar-refractivity contribution in [3.8, 4) is 0 Å². The van der Waals surface area contributed by atoms with Gasteiger partial charge in [-0.25, -0.2) is 15.0 Å². The normalized spacial score (nSPS) is 15.5. The molecule has 0 bridgehead atoms. The predicted molar refractivity (Wildman–Crippen MR) is 121 cm³/mol. The summed E-state index contributed by atoms with van der Waals surface area (Å²) in [4.78, 5) is 20.6. The molecule has 0 amide bonds. The average molecular weight is 418 g/mol. The Bertz CT molecular complexity index is 1250. The van der Waals surface area contributed by atoms with Crippen LogP contribution in [0.5, 0.6) is 0 Å². The lowest BCUT2D eigenvalue weighted by Crippen LogP contribution is -2.42. The van der Waals surface area contributed by atoms with E-state index in [0.29, 0.717) is 17.8 Å². The lowest BCUT2D eigenvalue weighted by molar-refractivity contribution is 0.459. The number of pyridine rings is 1. The van der Waals surface area contributed by atoms with Gasteiger partial charge in [-0.1, -0.05) is 13.8 Å². The Morgan fingerprint density at radius 1 is 1.13 bits per heavy atom. The van der Waals surface area contributed by atoms with Crippen molar-refractivity contribution in [1.82, 2.24) is 34.7 Å². The van der Waals surface area contributed by atoms with Crippen molar-refractivity contribution in [3.05, 3.63) is 47.8 Å². The number of hydrogen-bond donors (Lipinski definition) is 2. The number of rotatable bonds is 4. The van der Waals surface area contributed by atoms with E-state index in [9.17, 15) is 0 Å². The van der Waals surface area contributed by atoms with Crippen molar-refractivity contribution in [1.29, 1.82) is 0 Å². The molecule has 0 radical (unpaired) electrons. The molecule has 0 aromatic carbocycles. The molecular weight excluding hydrogens is 390 g/mol. The molecule has 4 aromatic rings. The van der Waals surface area contributed by atoms with E-state index in [2.05, 4.69) is 67.6 Å². The second-order valence-electron chi connectivity index (χ2n) is 9.06. The fourth-order valence-electron chi connectivity index (χ4n) is 4.52. The summed E-state index contributed by atoms with van der Waals surface area (Å²) >= 11 is 0. The van der Waals surface area contributed by atoms with E-state index in [1.165, 1.54) is 11.3 Å². The van der Waals surface area contributed by atoms with Crippen molar-refractivity contribution in [3.63, 3.8) is 0 Å². The van der Waals surface area contributed by atoms with Crippen LogP contribution in [0.2, 0.25) is 0 Å². The number of nitrogens with one attached hydrogen (secondary N) is 2. The van der Waals surface area contributed by atoms with Gasteiger partial charge in [0.05, 0.1) is 17.9 Å². The van der Waals surface area contributed by atoms with E-state index in [1.807, 2.05) is 25.3 Å². The number of aryl methyl sites for hydroxylation is 1. The third-order valence-corrected chi connectivity index (χ3v) is 5.79. The lowest BCUT2D eigenvalue weighted by atomic mass is 9.83. The second-order valence-corrected chi connectivity index (χ2v) is 9.06. The maximum absolute atomic E-state index is 4.77. The van der Waals surface area contributed by atoms with E-state index in [4.69, 9.17) is 4.98 Å². The molecule has 0 saturated carbocycles. The highest BCUT2D eigenvalue weighted by Crippen LogP contribution is 2.33. The molecule has 0 atom stereocenters. The molecule has 1 aliphatic rings. The number of fused-ring (bicyclic) bond motifs is 2. The third kappa shape index (κ3) is 3.39. The fourth-order valence-corrected chi connectivity index (χ4v) is 4.52. The second kappa shape index (κ2) is 7.04. The molecule has 9 nitrogen and oxygen atoms in total. The zero-order chi connectivity index (χ0) is 21.8. The van der Waals surface area contributed by atoms with Gasteiger partial charge >= 0.3 is 0 Å². The van der Waals surface area contributed by atoms with Crippen molar-refractivity contribution < 1.29 is 0 Å². The van der Waals surface area contributed by atoms with Gasteiger partial charge in [-0.05, 0) is 26.8 Å². The topological polar surface area (TPSA) is 100 Å². The molecule has 1 aliphatic heterocycles. The number of aromatic amines is 1. The predicted octanol–water partition coefficient (Wildman–Crippen LogP) is 3.88. The Hall–Kier alpha value is -3.49. The summed E-state index contributed by atoms with van der Waals surface area (Å²) in [5.74, 6) is 3.11. The first-order valence-electron chi connectivity index (χ1n) is 10.5. The van der Waals surface area contributed by atoms with E-state index in [1.54, 1.807) is 12.4 Å². The van der Waals surface area contributed by atoms with Gasteiger partial charge in [-0.3, -0.25) is 5.10 Å². The third-order valence-electron chi connectivity index (χ3n) is 5.79. The zero-order valence-corrected chi connectivity index (χ0v) is 18.5. The van der Waals surface area contributed by atoms with E-state index in [-0.39, 0.29) is 5.41 Å². The first-order chi connectivity index (χ1) is 14.8. The molecule has 0 saturated heterocycles. The number of hydrogen-bond acceptors (Lipinski definition) is 7. The van der Waals surface area contributed by atoms with Gasteiger partial charge in [-0.2, -0.15) is 10.1 Å². The minimum absolute atomic E-state index is 0.0589. The highest BCUT2D eigenvalue weighted by molar-refractivity contribution is 5.79. The number of imidazole rings is 1. The van der Waals surface area contributed by atoms with Crippen molar-refractivity contribution in [2.45, 2.75) is 52.6 Å². The number of anilines is 3. The van der Waals surface area contributed by atoms with E-state index < -0.39 is 0 Å². The van der Waals surface area contributed by atoms with Gasteiger partial charge in [0.2, 0.25) is 5.95 Å². The highest BCUT2D eigenvalue weighted by atomic mass is 15.3. The van der Waals surface area contributed by atoms with Crippen molar-refractivity contribution in [2.24, 2.45) is 0 Å². The van der Waals surface area contributed by atoms with Crippen LogP contribution in [-0.4, -0.2) is 41.2 Å². The van der Waals surface area contributed by atoms with Crippen LogP contribution in [-0.2, 0) is 12.0 Å². The van der Waals surface area contributed by atoms with Gasteiger partial charge in [-0.15, -0.1) is 0 Å².